The molecule has 11 heteroatoms. The fourth-order valence-electron chi connectivity index (χ4n) is 2.86. The first-order chi connectivity index (χ1) is 13.6. The van der Waals surface area contributed by atoms with Crippen molar-refractivity contribution < 1.29 is 32.5 Å². The van der Waals surface area contributed by atoms with Crippen LogP contribution in [0.3, 0.4) is 0 Å². The van der Waals surface area contributed by atoms with Crippen LogP contribution >= 0.6 is 0 Å². The van der Waals surface area contributed by atoms with Crippen LogP contribution in [-0.2, 0) is 14.6 Å². The van der Waals surface area contributed by atoms with Gasteiger partial charge in [-0.3, -0.25) is 24.6 Å². The third-order valence-electron chi connectivity index (χ3n) is 4.22. The molecule has 0 N–H and O–H groups in total. The highest BCUT2D eigenvalue weighted by Gasteiger charge is 2.35. The van der Waals surface area contributed by atoms with Crippen LogP contribution < -0.4 is 0 Å². The number of amides is 2. The third kappa shape index (κ3) is 3.85. The summed E-state index contributed by atoms with van der Waals surface area (Å²) in [5.74, 6) is -1.96. The molecule has 1 aliphatic heterocycles. The van der Waals surface area contributed by atoms with Crippen LogP contribution in [0.1, 0.15) is 31.1 Å². The summed E-state index contributed by atoms with van der Waals surface area (Å²) in [6, 6.07) is 9.14. The monoisotopic (exact) mass is 418 g/mol. The predicted octanol–water partition coefficient (Wildman–Crippen LogP) is 1.45. The topological polar surface area (TPSA) is 141 Å². The number of sulfone groups is 1. The normalized spacial score (nSPS) is 13.3. The number of ether oxygens (including phenoxy) is 1. The van der Waals surface area contributed by atoms with E-state index in [9.17, 15) is 32.9 Å². The molecule has 1 aliphatic rings. The zero-order valence-electron chi connectivity index (χ0n) is 15.0. The van der Waals surface area contributed by atoms with Gasteiger partial charge in [0.15, 0.2) is 9.84 Å². The lowest BCUT2D eigenvalue weighted by atomic mass is 10.1. The Morgan fingerprint density at radius 2 is 1.69 bits per heavy atom. The summed E-state index contributed by atoms with van der Waals surface area (Å²) in [4.78, 5) is 47.2. The van der Waals surface area contributed by atoms with Crippen molar-refractivity contribution in [1.82, 2.24) is 4.90 Å². The minimum Gasteiger partial charge on any atom is -0.460 e. The summed E-state index contributed by atoms with van der Waals surface area (Å²) in [6.45, 7) is -0.520. The van der Waals surface area contributed by atoms with E-state index in [1.54, 1.807) is 12.1 Å². The summed E-state index contributed by atoms with van der Waals surface area (Å²) in [6.07, 6.45) is 0.815. The van der Waals surface area contributed by atoms with Gasteiger partial charge in [0.2, 0.25) is 0 Å². The highest BCUT2D eigenvalue weighted by Crippen LogP contribution is 2.25. The number of fused-ring (bicyclic) bond motifs is 1. The molecule has 0 saturated heterocycles. The molecule has 0 radical (unpaired) electrons. The number of benzene rings is 2. The SMILES string of the molecule is CS(=O)(=O)c1ccc(C(=O)OCCN2C(=O)c3ccccc3C2=O)cc1[N+](=O)[O-]. The Kier molecular flexibility index (Phi) is 5.16. The van der Waals surface area contributed by atoms with Gasteiger partial charge in [-0.2, -0.15) is 0 Å². The van der Waals surface area contributed by atoms with Gasteiger partial charge in [-0.05, 0) is 24.3 Å². The average Bonchev–Trinajstić information content (AvgIpc) is 2.91. The first-order valence-electron chi connectivity index (χ1n) is 8.22. The molecule has 0 saturated carbocycles. The van der Waals surface area contributed by atoms with Gasteiger partial charge >= 0.3 is 5.97 Å². The number of carbonyl (C=O) groups is 3. The number of hydrogen-bond donors (Lipinski definition) is 0. The maximum atomic E-state index is 12.2. The Hall–Kier alpha value is -3.60. The van der Waals surface area contributed by atoms with E-state index in [1.165, 1.54) is 12.1 Å². The minimum atomic E-state index is -3.86. The summed E-state index contributed by atoms with van der Waals surface area (Å²) in [7, 11) is -3.86. The molecule has 150 valence electrons. The molecule has 10 nitrogen and oxygen atoms in total. The third-order valence-corrected chi connectivity index (χ3v) is 5.36. The molecule has 0 aliphatic carbocycles. The molecule has 29 heavy (non-hydrogen) atoms. The minimum absolute atomic E-state index is 0.193. The van der Waals surface area contributed by atoms with Crippen molar-refractivity contribution in [3.63, 3.8) is 0 Å². The maximum Gasteiger partial charge on any atom is 0.338 e. The number of esters is 1. The maximum absolute atomic E-state index is 12.2. The average molecular weight is 418 g/mol. The van der Waals surface area contributed by atoms with Crippen LogP contribution in [0.15, 0.2) is 47.4 Å². The summed E-state index contributed by atoms with van der Waals surface area (Å²) >= 11 is 0. The molecule has 2 aromatic rings. The van der Waals surface area contributed by atoms with Crippen LogP contribution in [0.25, 0.3) is 0 Å². The summed E-state index contributed by atoms with van der Waals surface area (Å²) in [5, 5.41) is 11.1. The first kappa shape index (κ1) is 20.1. The number of nitrogens with zero attached hydrogens (tertiary/aromatic N) is 2. The van der Waals surface area contributed by atoms with Crippen molar-refractivity contribution in [3.05, 3.63) is 69.3 Å². The van der Waals surface area contributed by atoms with Crippen LogP contribution in [0.4, 0.5) is 5.69 Å². The van der Waals surface area contributed by atoms with E-state index in [0.717, 1.165) is 29.4 Å². The van der Waals surface area contributed by atoms with Gasteiger partial charge in [-0.15, -0.1) is 0 Å². The molecule has 1 heterocycles. The van der Waals surface area contributed by atoms with Crippen LogP contribution in [0, 0.1) is 10.1 Å². The smallest absolute Gasteiger partial charge is 0.338 e. The van der Waals surface area contributed by atoms with E-state index in [4.69, 9.17) is 4.74 Å². The number of nitro groups is 1. The van der Waals surface area contributed by atoms with Crippen molar-refractivity contribution in [1.29, 1.82) is 0 Å². The Bertz CT molecular complexity index is 1120. The van der Waals surface area contributed by atoms with E-state index in [2.05, 4.69) is 0 Å². The predicted molar refractivity (Wildman–Crippen MR) is 98.3 cm³/mol. The van der Waals surface area contributed by atoms with Gasteiger partial charge in [0.05, 0.1) is 28.2 Å². The molecule has 0 fully saturated rings. The standard InChI is InChI=1S/C18H14N2O8S/c1-29(26,27)15-7-6-11(10-14(15)20(24)25)18(23)28-9-8-19-16(21)12-4-2-3-5-13(12)17(19)22/h2-7,10H,8-9H2,1H3. The number of imide groups is 1. The summed E-state index contributed by atoms with van der Waals surface area (Å²) < 4.78 is 28.2. The number of carbonyl (C=O) groups excluding carboxylic acids is 3. The van der Waals surface area contributed by atoms with Gasteiger partial charge in [0.1, 0.15) is 11.5 Å². The molecule has 2 aromatic carbocycles. The Labute approximate surface area is 164 Å². The largest absolute Gasteiger partial charge is 0.460 e. The van der Waals surface area contributed by atoms with Crippen LogP contribution in [-0.4, -0.2) is 55.4 Å². The first-order valence-corrected chi connectivity index (χ1v) is 10.1. The van der Waals surface area contributed by atoms with Gasteiger partial charge in [0.25, 0.3) is 17.5 Å². The molecule has 0 atom stereocenters. The zero-order valence-corrected chi connectivity index (χ0v) is 15.8. The van der Waals surface area contributed by atoms with E-state index >= 15 is 0 Å². The van der Waals surface area contributed by atoms with E-state index in [-0.39, 0.29) is 29.8 Å². The molecular weight excluding hydrogens is 404 g/mol. The van der Waals surface area contributed by atoms with E-state index < -0.39 is 43.1 Å². The second-order valence-electron chi connectivity index (χ2n) is 6.16. The number of hydrogen-bond acceptors (Lipinski definition) is 8. The van der Waals surface area contributed by atoms with Crippen molar-refractivity contribution in [2.75, 3.05) is 19.4 Å². The van der Waals surface area contributed by atoms with Crippen molar-refractivity contribution in [3.8, 4) is 0 Å². The molecule has 0 bridgehead atoms. The lowest BCUT2D eigenvalue weighted by molar-refractivity contribution is -0.387. The number of nitro benzene ring substituents is 1. The zero-order chi connectivity index (χ0) is 21.3. The molecule has 0 spiro atoms. The Morgan fingerprint density at radius 3 is 2.21 bits per heavy atom. The van der Waals surface area contributed by atoms with E-state index in [1.807, 2.05) is 0 Å². The summed E-state index contributed by atoms with van der Waals surface area (Å²) in [5.41, 5.74) is -0.458. The van der Waals surface area contributed by atoms with E-state index in [0.29, 0.717) is 0 Å². The van der Waals surface area contributed by atoms with Crippen molar-refractivity contribution in [2.24, 2.45) is 0 Å². The lowest BCUT2D eigenvalue weighted by Gasteiger charge is -2.13. The van der Waals surface area contributed by atoms with Crippen molar-refractivity contribution in [2.45, 2.75) is 4.90 Å². The molecule has 3 rings (SSSR count). The van der Waals surface area contributed by atoms with Gasteiger partial charge in [-0.25, -0.2) is 13.2 Å². The second-order valence-corrected chi connectivity index (χ2v) is 8.14. The van der Waals surface area contributed by atoms with Crippen LogP contribution in [0.2, 0.25) is 0 Å². The Balaban J connectivity index is 1.69. The van der Waals surface area contributed by atoms with Gasteiger partial charge < -0.3 is 4.74 Å². The van der Waals surface area contributed by atoms with Gasteiger partial charge in [0, 0.05) is 12.3 Å². The van der Waals surface area contributed by atoms with Crippen molar-refractivity contribution >= 4 is 33.3 Å². The van der Waals surface area contributed by atoms with Crippen LogP contribution in [0.5, 0.6) is 0 Å². The fraction of sp³-hybridized carbons (Fsp3) is 0.167. The molecule has 0 aromatic heterocycles. The molecular formula is C18H14N2O8S. The molecule has 2 amide bonds. The second kappa shape index (κ2) is 7.43. The highest BCUT2D eigenvalue weighted by molar-refractivity contribution is 7.90. The quantitative estimate of drug-likeness (QED) is 0.297. The lowest BCUT2D eigenvalue weighted by Crippen LogP contribution is -2.33. The fourth-order valence-corrected chi connectivity index (χ4v) is 3.68. The Morgan fingerprint density at radius 1 is 1.10 bits per heavy atom. The number of rotatable bonds is 6. The highest BCUT2D eigenvalue weighted by atomic mass is 32.2. The molecule has 0 unspecified atom stereocenters. The van der Waals surface area contributed by atoms with Gasteiger partial charge in [-0.1, -0.05) is 12.1 Å².